The summed E-state index contributed by atoms with van der Waals surface area (Å²) >= 11 is 5.84. The molecular formula is C14H20ClNO3. The molecule has 0 saturated carbocycles. The molecule has 1 atom stereocenters. The van der Waals surface area contributed by atoms with Gasteiger partial charge in [-0.1, -0.05) is 23.7 Å². The van der Waals surface area contributed by atoms with Crippen LogP contribution in [0.2, 0.25) is 5.02 Å². The van der Waals surface area contributed by atoms with Crippen LogP contribution in [0.4, 0.5) is 0 Å². The van der Waals surface area contributed by atoms with Gasteiger partial charge in [-0.25, -0.2) is 0 Å². The highest BCUT2D eigenvalue weighted by atomic mass is 35.5. The first kappa shape index (κ1) is 16.0. The van der Waals surface area contributed by atoms with Gasteiger partial charge in [-0.15, -0.1) is 0 Å². The van der Waals surface area contributed by atoms with E-state index in [1.165, 1.54) is 0 Å². The largest absolute Gasteiger partial charge is 0.382 e. The number of nitrogens with zero attached hydrogens (tertiary/aromatic N) is 1. The van der Waals surface area contributed by atoms with Crippen LogP contribution in [0, 0.1) is 0 Å². The maximum Gasteiger partial charge on any atom is 0.248 e. The van der Waals surface area contributed by atoms with E-state index in [1.54, 1.807) is 19.1 Å². The predicted molar refractivity (Wildman–Crippen MR) is 75.3 cm³/mol. The molecule has 0 saturated heterocycles. The number of likely N-dealkylation sites (N-methyl/N-ethyl adjacent to an activating group) is 1. The quantitative estimate of drug-likeness (QED) is 0.723. The fourth-order valence-electron chi connectivity index (χ4n) is 1.58. The van der Waals surface area contributed by atoms with E-state index >= 15 is 0 Å². The zero-order valence-corrected chi connectivity index (χ0v) is 12.3. The molecule has 1 unspecified atom stereocenters. The third kappa shape index (κ3) is 5.19. The number of carbonyl (C=O) groups is 1. The standard InChI is InChI=1S/C14H20ClNO3/c1-11(12-4-6-13(15)7-5-12)16(2)14(17)10-19-9-8-18-3/h4-7,11H,8-10H2,1-3H3. The summed E-state index contributed by atoms with van der Waals surface area (Å²) in [5.74, 6) is -0.0569. The van der Waals surface area contributed by atoms with Crippen LogP contribution < -0.4 is 0 Å². The van der Waals surface area contributed by atoms with Gasteiger partial charge in [0, 0.05) is 19.2 Å². The molecule has 0 bridgehead atoms. The van der Waals surface area contributed by atoms with Crippen LogP contribution in [0.5, 0.6) is 0 Å². The molecule has 4 nitrogen and oxygen atoms in total. The van der Waals surface area contributed by atoms with Crippen LogP contribution in [0.3, 0.4) is 0 Å². The Morgan fingerprint density at radius 2 is 1.95 bits per heavy atom. The fraction of sp³-hybridized carbons (Fsp3) is 0.500. The lowest BCUT2D eigenvalue weighted by atomic mass is 10.1. The Hall–Kier alpha value is -1.10. The van der Waals surface area contributed by atoms with Crippen molar-refractivity contribution in [2.24, 2.45) is 0 Å². The monoisotopic (exact) mass is 285 g/mol. The summed E-state index contributed by atoms with van der Waals surface area (Å²) in [5, 5.41) is 0.688. The van der Waals surface area contributed by atoms with E-state index in [-0.39, 0.29) is 18.6 Å². The molecule has 106 valence electrons. The minimum Gasteiger partial charge on any atom is -0.382 e. The summed E-state index contributed by atoms with van der Waals surface area (Å²) in [4.78, 5) is 13.6. The van der Waals surface area contributed by atoms with Crippen LogP contribution in [0.25, 0.3) is 0 Å². The summed E-state index contributed by atoms with van der Waals surface area (Å²) < 4.78 is 10.1. The average Bonchev–Trinajstić information content (AvgIpc) is 2.42. The Labute approximate surface area is 119 Å². The molecular weight excluding hydrogens is 266 g/mol. The number of halogens is 1. The van der Waals surface area contributed by atoms with Crippen LogP contribution in [0.1, 0.15) is 18.5 Å². The minimum absolute atomic E-state index is 0.0178. The van der Waals surface area contributed by atoms with Gasteiger partial charge in [0.15, 0.2) is 0 Å². The molecule has 19 heavy (non-hydrogen) atoms. The predicted octanol–water partition coefficient (Wildman–Crippen LogP) is 2.52. The molecule has 1 aromatic carbocycles. The second-order valence-corrected chi connectivity index (χ2v) is 4.71. The van der Waals surface area contributed by atoms with Crippen molar-refractivity contribution in [3.63, 3.8) is 0 Å². The molecule has 1 aromatic rings. The first-order valence-electron chi connectivity index (χ1n) is 6.14. The number of amides is 1. The van der Waals surface area contributed by atoms with Crippen molar-refractivity contribution in [1.29, 1.82) is 0 Å². The van der Waals surface area contributed by atoms with E-state index in [4.69, 9.17) is 21.1 Å². The number of ether oxygens (including phenoxy) is 2. The Kier molecular flexibility index (Phi) is 6.84. The Balaban J connectivity index is 2.49. The average molecular weight is 286 g/mol. The SMILES string of the molecule is COCCOCC(=O)N(C)C(C)c1ccc(Cl)cc1. The summed E-state index contributed by atoms with van der Waals surface area (Å²) in [6.07, 6.45) is 0. The molecule has 0 heterocycles. The smallest absolute Gasteiger partial charge is 0.248 e. The van der Waals surface area contributed by atoms with E-state index in [9.17, 15) is 4.79 Å². The second kappa shape index (κ2) is 8.15. The lowest BCUT2D eigenvalue weighted by Crippen LogP contribution is -2.33. The van der Waals surface area contributed by atoms with Gasteiger partial charge in [-0.05, 0) is 24.6 Å². The van der Waals surface area contributed by atoms with Gasteiger partial charge in [0.1, 0.15) is 6.61 Å². The van der Waals surface area contributed by atoms with Gasteiger partial charge in [0.25, 0.3) is 0 Å². The van der Waals surface area contributed by atoms with E-state index < -0.39 is 0 Å². The van der Waals surface area contributed by atoms with Crippen molar-refractivity contribution in [3.8, 4) is 0 Å². The van der Waals surface area contributed by atoms with Crippen LogP contribution in [-0.2, 0) is 14.3 Å². The second-order valence-electron chi connectivity index (χ2n) is 4.28. The number of benzene rings is 1. The Morgan fingerprint density at radius 3 is 2.53 bits per heavy atom. The van der Waals surface area contributed by atoms with E-state index in [2.05, 4.69) is 0 Å². The van der Waals surface area contributed by atoms with Crippen LogP contribution in [-0.4, -0.2) is 44.8 Å². The zero-order chi connectivity index (χ0) is 14.3. The summed E-state index contributed by atoms with van der Waals surface area (Å²) in [5.41, 5.74) is 1.04. The maximum atomic E-state index is 11.9. The first-order chi connectivity index (χ1) is 9.06. The van der Waals surface area contributed by atoms with E-state index in [0.29, 0.717) is 18.2 Å². The highest BCUT2D eigenvalue weighted by Gasteiger charge is 2.17. The van der Waals surface area contributed by atoms with Gasteiger partial charge in [-0.2, -0.15) is 0 Å². The van der Waals surface area contributed by atoms with Crippen molar-refractivity contribution in [2.45, 2.75) is 13.0 Å². The van der Waals surface area contributed by atoms with Gasteiger partial charge in [-0.3, -0.25) is 4.79 Å². The minimum atomic E-state index is -0.0569. The number of carbonyl (C=O) groups excluding carboxylic acids is 1. The lowest BCUT2D eigenvalue weighted by molar-refractivity contribution is -0.137. The van der Waals surface area contributed by atoms with Crippen molar-refractivity contribution < 1.29 is 14.3 Å². The fourth-order valence-corrected chi connectivity index (χ4v) is 1.71. The number of hydrogen-bond donors (Lipinski definition) is 0. The van der Waals surface area contributed by atoms with Crippen molar-refractivity contribution in [3.05, 3.63) is 34.9 Å². The van der Waals surface area contributed by atoms with Gasteiger partial charge in [0.2, 0.25) is 5.91 Å². The van der Waals surface area contributed by atoms with Gasteiger partial charge in [0.05, 0.1) is 19.3 Å². The molecule has 0 aliphatic rings. The zero-order valence-electron chi connectivity index (χ0n) is 11.6. The summed E-state index contributed by atoms with van der Waals surface area (Å²) in [6.45, 7) is 2.95. The lowest BCUT2D eigenvalue weighted by Gasteiger charge is -2.25. The molecule has 1 rings (SSSR count). The third-order valence-corrected chi connectivity index (χ3v) is 3.24. The molecule has 0 fully saturated rings. The number of hydrogen-bond acceptors (Lipinski definition) is 3. The molecule has 0 aromatic heterocycles. The molecule has 0 radical (unpaired) electrons. The Bertz CT molecular complexity index is 394. The molecule has 0 aliphatic carbocycles. The number of methoxy groups -OCH3 is 1. The molecule has 1 amide bonds. The van der Waals surface area contributed by atoms with E-state index in [0.717, 1.165) is 5.56 Å². The van der Waals surface area contributed by atoms with Crippen LogP contribution >= 0.6 is 11.6 Å². The topological polar surface area (TPSA) is 38.8 Å². The van der Waals surface area contributed by atoms with Gasteiger partial charge < -0.3 is 14.4 Å². The van der Waals surface area contributed by atoms with Crippen molar-refractivity contribution in [1.82, 2.24) is 4.90 Å². The highest BCUT2D eigenvalue weighted by Crippen LogP contribution is 2.20. The van der Waals surface area contributed by atoms with E-state index in [1.807, 2.05) is 31.2 Å². The normalized spacial score (nSPS) is 12.2. The molecule has 5 heteroatoms. The summed E-state index contributed by atoms with van der Waals surface area (Å²) in [7, 11) is 3.36. The van der Waals surface area contributed by atoms with Crippen LogP contribution in [0.15, 0.2) is 24.3 Å². The van der Waals surface area contributed by atoms with Gasteiger partial charge >= 0.3 is 0 Å². The molecule has 0 N–H and O–H groups in total. The highest BCUT2D eigenvalue weighted by molar-refractivity contribution is 6.30. The Morgan fingerprint density at radius 1 is 1.32 bits per heavy atom. The molecule has 0 spiro atoms. The first-order valence-corrected chi connectivity index (χ1v) is 6.52. The maximum absolute atomic E-state index is 11.9. The van der Waals surface area contributed by atoms with Crippen molar-refractivity contribution >= 4 is 17.5 Å². The third-order valence-electron chi connectivity index (χ3n) is 2.98. The number of rotatable bonds is 7. The van der Waals surface area contributed by atoms with Crippen molar-refractivity contribution in [2.75, 3.05) is 34.0 Å². The molecule has 0 aliphatic heterocycles. The summed E-state index contributed by atoms with van der Waals surface area (Å²) in [6, 6.07) is 7.46.